The maximum Gasteiger partial charge on any atom is 0.451 e. The summed E-state index contributed by atoms with van der Waals surface area (Å²) in [6.45, 7) is 0.390. The highest BCUT2D eigenvalue weighted by Crippen LogP contribution is 2.33. The van der Waals surface area contributed by atoms with E-state index in [9.17, 15) is 61.5 Å². The number of nitrogens with one attached hydrogen (secondary N) is 1. The molecule has 254 valence electrons. The summed E-state index contributed by atoms with van der Waals surface area (Å²) in [7, 11) is 0. The van der Waals surface area contributed by atoms with Crippen LogP contribution >= 0.6 is 12.6 Å². The van der Waals surface area contributed by atoms with Crippen molar-refractivity contribution in [2.45, 2.75) is 55.0 Å². The van der Waals surface area contributed by atoms with Gasteiger partial charge >= 0.3 is 12.1 Å². The Morgan fingerprint density at radius 2 is 1.76 bits per heavy atom. The van der Waals surface area contributed by atoms with Gasteiger partial charge in [0, 0.05) is 37.3 Å². The van der Waals surface area contributed by atoms with Crippen LogP contribution in [0.25, 0.3) is 0 Å². The molecule has 46 heavy (non-hydrogen) atoms. The summed E-state index contributed by atoms with van der Waals surface area (Å²) in [5, 5.41) is 61.3. The molecule has 0 radical (unpaired) electrons. The van der Waals surface area contributed by atoms with Crippen molar-refractivity contribution in [3.05, 3.63) is 71.2 Å². The fraction of sp³-hybridized carbons (Fsp3) is 0.462. The van der Waals surface area contributed by atoms with E-state index in [1.807, 2.05) is 5.32 Å². The second-order valence-electron chi connectivity index (χ2n) is 10.0. The first-order valence-corrected chi connectivity index (χ1v) is 13.6. The largest absolute Gasteiger partial charge is 0.462 e. The molecule has 2 heterocycles. The van der Waals surface area contributed by atoms with Crippen LogP contribution in [0.5, 0.6) is 0 Å². The quantitative estimate of drug-likeness (QED) is 0.0218. The second kappa shape index (κ2) is 14.4. The zero-order valence-electron chi connectivity index (χ0n) is 23.6. The molecular weight excluding hydrogens is 656 g/mol. The molecule has 0 bridgehead atoms. The normalized spacial score (nSPS) is 17.7. The summed E-state index contributed by atoms with van der Waals surface area (Å²) in [6.07, 6.45) is -8.91. The van der Waals surface area contributed by atoms with Gasteiger partial charge in [0.1, 0.15) is 18.0 Å². The third kappa shape index (κ3) is 7.81. The van der Waals surface area contributed by atoms with Gasteiger partial charge in [-0.15, -0.1) is 29.4 Å². The van der Waals surface area contributed by atoms with Crippen LogP contribution in [0.15, 0.2) is 36.6 Å². The van der Waals surface area contributed by atoms with Gasteiger partial charge in [-0.2, -0.15) is 13.2 Å². The molecule has 6 N–H and O–H groups in total. The Morgan fingerprint density at radius 1 is 1.11 bits per heavy atom. The van der Waals surface area contributed by atoms with Gasteiger partial charge in [0.2, 0.25) is 17.5 Å². The highest BCUT2D eigenvalue weighted by atomic mass is 32.1. The molecule has 4 atom stereocenters. The van der Waals surface area contributed by atoms with Crippen LogP contribution in [0.3, 0.4) is 0 Å². The summed E-state index contributed by atoms with van der Waals surface area (Å²) >= 11 is 3.71. The fourth-order valence-electron chi connectivity index (χ4n) is 4.31. The molecule has 13 nitrogen and oxygen atoms in total. The van der Waals surface area contributed by atoms with E-state index in [2.05, 4.69) is 29.4 Å². The summed E-state index contributed by atoms with van der Waals surface area (Å²) in [6, 6.07) is 0.531. The number of carbonyl (C=O) groups excluding carboxylic acids is 2. The number of allylic oxidation sites excluding steroid dienone is 1. The molecule has 0 spiro atoms. The Labute approximate surface area is 261 Å². The van der Waals surface area contributed by atoms with Gasteiger partial charge in [0.25, 0.3) is 4.93 Å². The third-order valence-electron chi connectivity index (χ3n) is 6.79. The van der Waals surface area contributed by atoms with Gasteiger partial charge in [-0.3, -0.25) is 4.79 Å². The van der Waals surface area contributed by atoms with Crippen LogP contribution in [0.4, 0.5) is 26.3 Å². The maximum atomic E-state index is 14.7. The van der Waals surface area contributed by atoms with E-state index in [4.69, 9.17) is 4.74 Å². The molecule has 0 saturated carbocycles. The fourth-order valence-corrected chi connectivity index (χ4v) is 4.57. The first-order valence-electron chi connectivity index (χ1n) is 13.2. The minimum absolute atomic E-state index is 0.0480. The Bertz CT molecular complexity index is 1490. The van der Waals surface area contributed by atoms with Gasteiger partial charge < -0.3 is 45.1 Å². The molecule has 1 aliphatic heterocycles. The zero-order chi connectivity index (χ0) is 34.6. The minimum Gasteiger partial charge on any atom is -0.462 e. The summed E-state index contributed by atoms with van der Waals surface area (Å²) in [4.78, 5) is 23.5. The molecule has 2 aromatic rings. The van der Waals surface area contributed by atoms with Gasteiger partial charge in [0.05, 0.1) is 19.8 Å². The van der Waals surface area contributed by atoms with Gasteiger partial charge in [-0.1, -0.05) is 6.08 Å². The lowest BCUT2D eigenvalue weighted by atomic mass is 9.93. The highest BCUT2D eigenvalue weighted by molar-refractivity contribution is 7.82. The standard InChI is InChI=1S/C26H29F6N5O8S/c1-2-3-6-45-23(42)25(44,46)24(43,21(41)18(39)12-38)33-14(7-13-8-16(28)17(29)10-15(13)27)9-20(40)36-4-5-37-19(11-36)34-35-22(37)26(30,31)32/h2,8-10,18,21,33,38-39,41,43-44,46H,1,3-7,11-12H2/b14-9-. The molecule has 1 aliphatic rings. The number of amides is 1. The van der Waals surface area contributed by atoms with Gasteiger partial charge in [-0.05, 0) is 18.1 Å². The highest BCUT2D eigenvalue weighted by Gasteiger charge is 2.60. The number of carbonyl (C=O) groups is 2. The average molecular weight is 686 g/mol. The van der Waals surface area contributed by atoms with Crippen LogP contribution in [0, 0.1) is 17.5 Å². The first-order chi connectivity index (χ1) is 21.4. The van der Waals surface area contributed by atoms with Crippen LogP contribution < -0.4 is 5.32 Å². The number of nitrogens with zero attached hydrogens (tertiary/aromatic N) is 4. The predicted molar refractivity (Wildman–Crippen MR) is 145 cm³/mol. The number of benzene rings is 1. The van der Waals surface area contributed by atoms with Crippen molar-refractivity contribution in [3.63, 3.8) is 0 Å². The zero-order valence-corrected chi connectivity index (χ0v) is 24.5. The second-order valence-corrected chi connectivity index (χ2v) is 10.7. The number of aliphatic hydroxyl groups excluding tert-OH is 3. The molecule has 0 fully saturated rings. The van der Waals surface area contributed by atoms with E-state index in [1.165, 1.54) is 6.08 Å². The molecule has 4 unspecified atom stereocenters. The molecule has 3 rings (SSSR count). The third-order valence-corrected chi connectivity index (χ3v) is 7.31. The Balaban J connectivity index is 2.08. The molecule has 0 saturated heterocycles. The van der Waals surface area contributed by atoms with E-state index < -0.39 is 108 Å². The van der Waals surface area contributed by atoms with E-state index in [0.717, 1.165) is 9.47 Å². The van der Waals surface area contributed by atoms with E-state index in [-0.39, 0.29) is 24.9 Å². The SMILES string of the molecule is C=CCCOC(=O)C(O)(S)C(O)(N/C(=C\C(=O)N1CCn2c(nnc2C(F)(F)F)C1)Cc1cc(F)c(F)cc1F)C(O)C(O)CO. The minimum atomic E-state index is -4.84. The number of thiol groups is 1. The molecule has 1 amide bonds. The van der Waals surface area contributed by atoms with Crippen LogP contribution in [-0.2, 0) is 40.0 Å². The van der Waals surface area contributed by atoms with Gasteiger partial charge in [0.15, 0.2) is 17.5 Å². The lowest BCUT2D eigenvalue weighted by Gasteiger charge is -2.44. The number of aromatic nitrogens is 3. The topological polar surface area (TPSA) is 190 Å². The molecule has 0 aliphatic carbocycles. The van der Waals surface area contributed by atoms with Crippen molar-refractivity contribution >= 4 is 24.5 Å². The van der Waals surface area contributed by atoms with Gasteiger partial charge in [-0.25, -0.2) is 18.0 Å². The summed E-state index contributed by atoms with van der Waals surface area (Å²) < 4.78 is 87.5. The number of hydrogen-bond donors (Lipinski definition) is 7. The van der Waals surface area contributed by atoms with Crippen molar-refractivity contribution in [1.82, 2.24) is 25.0 Å². The van der Waals surface area contributed by atoms with Crippen LogP contribution in [0.2, 0.25) is 0 Å². The van der Waals surface area contributed by atoms with E-state index >= 15 is 0 Å². The lowest BCUT2D eigenvalue weighted by molar-refractivity contribution is -0.218. The first kappa shape index (κ1) is 36.8. The lowest BCUT2D eigenvalue weighted by Crippen LogP contribution is -2.72. The molecule has 20 heteroatoms. The van der Waals surface area contributed by atoms with Crippen molar-refractivity contribution in [1.29, 1.82) is 0 Å². The number of hydrogen-bond acceptors (Lipinski definition) is 12. The van der Waals surface area contributed by atoms with Crippen molar-refractivity contribution in [3.8, 4) is 0 Å². The predicted octanol–water partition coefficient (Wildman–Crippen LogP) is -0.0870. The maximum absolute atomic E-state index is 14.7. The summed E-state index contributed by atoms with van der Waals surface area (Å²) in [5.74, 6) is -8.87. The van der Waals surface area contributed by atoms with Crippen molar-refractivity contribution in [2.24, 2.45) is 0 Å². The Hall–Kier alpha value is -3.69. The van der Waals surface area contributed by atoms with E-state index in [1.54, 1.807) is 0 Å². The number of halogens is 6. The number of alkyl halides is 3. The number of rotatable bonds is 13. The van der Waals surface area contributed by atoms with Crippen molar-refractivity contribution in [2.75, 3.05) is 19.8 Å². The Morgan fingerprint density at radius 3 is 2.37 bits per heavy atom. The van der Waals surface area contributed by atoms with Crippen LogP contribution in [0.1, 0.15) is 23.6 Å². The smallest absolute Gasteiger partial charge is 0.451 e. The summed E-state index contributed by atoms with van der Waals surface area (Å²) in [5.41, 5.74) is -5.00. The van der Waals surface area contributed by atoms with Crippen molar-refractivity contribution < 1.29 is 66.2 Å². The van der Waals surface area contributed by atoms with Crippen LogP contribution in [-0.4, -0.2) is 99.7 Å². The number of ether oxygens (including phenoxy) is 1. The van der Waals surface area contributed by atoms with E-state index in [0.29, 0.717) is 12.1 Å². The average Bonchev–Trinajstić information content (AvgIpc) is 3.43. The molecule has 1 aromatic carbocycles. The molecular formula is C26H29F6N5O8S. The monoisotopic (exact) mass is 685 g/mol. The number of aliphatic hydroxyl groups is 5. The molecule has 1 aromatic heterocycles. The number of fused-ring (bicyclic) bond motifs is 1. The Kier molecular flexibility index (Phi) is 11.5. The number of esters is 1.